The fourth-order valence-corrected chi connectivity index (χ4v) is 6.02. The lowest BCUT2D eigenvalue weighted by molar-refractivity contribution is -0.162. The molecule has 37 heavy (non-hydrogen) atoms. The molecule has 2 fully saturated rings. The Hall–Kier alpha value is -2.53. The van der Waals surface area contributed by atoms with Gasteiger partial charge in [-0.15, -0.1) is 0 Å². The lowest BCUT2D eigenvalue weighted by atomic mass is 9.85. The van der Waals surface area contributed by atoms with Crippen LogP contribution < -0.4 is 5.32 Å². The smallest absolute Gasteiger partial charge is 0.411 e. The summed E-state index contributed by atoms with van der Waals surface area (Å²) < 4.78 is 12.1. The lowest BCUT2D eigenvalue weighted by Gasteiger charge is -2.50. The zero-order chi connectivity index (χ0) is 27.8. The summed E-state index contributed by atoms with van der Waals surface area (Å²) in [5, 5.41) is 3.00. The van der Waals surface area contributed by atoms with Crippen molar-refractivity contribution >= 4 is 26.2 Å². The van der Waals surface area contributed by atoms with E-state index in [1.807, 2.05) is 6.92 Å². The van der Waals surface area contributed by atoms with Gasteiger partial charge in [-0.05, 0) is 64.7 Å². The third-order valence-electron chi connectivity index (χ3n) is 7.51. The maximum absolute atomic E-state index is 13.2. The Morgan fingerprint density at radius 1 is 1.16 bits per heavy atom. The average molecular weight is 534 g/mol. The number of hydrogen-bond acceptors (Lipinski definition) is 7. The Morgan fingerprint density at radius 3 is 2.32 bits per heavy atom. The molecule has 206 valence electrons. The summed E-state index contributed by atoms with van der Waals surface area (Å²) in [6.07, 6.45) is 3.70. The Kier molecular flexibility index (Phi) is 8.10. The van der Waals surface area contributed by atoms with E-state index in [0.717, 1.165) is 6.42 Å². The lowest BCUT2D eigenvalue weighted by Crippen LogP contribution is -2.73. The van der Waals surface area contributed by atoms with Crippen LogP contribution in [-0.2, 0) is 18.8 Å². The molecular weight excluding hydrogens is 490 g/mol. The van der Waals surface area contributed by atoms with Crippen molar-refractivity contribution in [3.63, 3.8) is 0 Å². The number of carbonyl (C=O) groups is 3. The Balaban J connectivity index is 1.68. The summed E-state index contributed by atoms with van der Waals surface area (Å²) in [4.78, 5) is 50.9. The number of amides is 3. The van der Waals surface area contributed by atoms with Gasteiger partial charge < -0.3 is 19.4 Å². The normalized spacial score (nSPS) is 22.0. The van der Waals surface area contributed by atoms with Gasteiger partial charge >= 0.3 is 6.09 Å². The second-order valence-corrected chi connectivity index (χ2v) is 17.4. The van der Waals surface area contributed by atoms with E-state index in [2.05, 4.69) is 49.1 Å². The van der Waals surface area contributed by atoms with Crippen LogP contribution in [0.2, 0.25) is 18.1 Å². The van der Waals surface area contributed by atoms with Crippen LogP contribution in [0.5, 0.6) is 0 Å². The Morgan fingerprint density at radius 2 is 1.78 bits per heavy atom. The molecular formula is C26H43N5O5Si. The van der Waals surface area contributed by atoms with Gasteiger partial charge in [0.1, 0.15) is 17.2 Å². The number of likely N-dealkylation sites (tertiary alicyclic amines) is 2. The van der Waals surface area contributed by atoms with Crippen molar-refractivity contribution in [2.45, 2.75) is 103 Å². The average Bonchev–Trinajstić information content (AvgIpc) is 3.22. The van der Waals surface area contributed by atoms with Gasteiger partial charge in [0.05, 0.1) is 19.2 Å². The second-order valence-electron chi connectivity index (χ2n) is 12.7. The molecule has 1 aromatic heterocycles. The summed E-state index contributed by atoms with van der Waals surface area (Å²) in [5.41, 5.74) is -1.56. The zero-order valence-corrected chi connectivity index (χ0v) is 24.8. The minimum Gasteiger partial charge on any atom is -0.444 e. The van der Waals surface area contributed by atoms with Gasteiger partial charge in [0, 0.05) is 18.9 Å². The third kappa shape index (κ3) is 6.31. The first-order chi connectivity index (χ1) is 17.0. The molecule has 1 N–H and O–H groups in total. The molecule has 0 aromatic carbocycles. The van der Waals surface area contributed by atoms with E-state index in [1.54, 1.807) is 39.2 Å². The molecule has 0 bridgehead atoms. The summed E-state index contributed by atoms with van der Waals surface area (Å²) >= 11 is 0. The first kappa shape index (κ1) is 29.0. The number of carbonyl (C=O) groups excluding carboxylic acids is 3. The predicted octanol–water partition coefficient (Wildman–Crippen LogP) is 3.66. The van der Waals surface area contributed by atoms with Crippen molar-refractivity contribution in [2.75, 3.05) is 19.6 Å². The quantitative estimate of drug-likeness (QED) is 0.420. The topological polar surface area (TPSA) is 114 Å². The molecule has 3 atom stereocenters. The van der Waals surface area contributed by atoms with Crippen LogP contribution in [0.1, 0.15) is 73.2 Å². The van der Waals surface area contributed by atoms with Crippen LogP contribution in [0.15, 0.2) is 18.5 Å². The number of ether oxygens (including phenoxy) is 1. The minimum absolute atomic E-state index is 0.00691. The monoisotopic (exact) mass is 533 g/mol. The van der Waals surface area contributed by atoms with Crippen LogP contribution in [0.25, 0.3) is 0 Å². The van der Waals surface area contributed by atoms with Gasteiger partial charge in [0.25, 0.3) is 5.91 Å². The summed E-state index contributed by atoms with van der Waals surface area (Å²) in [7, 11) is -2.13. The molecule has 10 nitrogen and oxygen atoms in total. The number of aromatic nitrogens is 2. The van der Waals surface area contributed by atoms with Gasteiger partial charge in [-0.25, -0.2) is 14.8 Å². The fourth-order valence-electron chi connectivity index (χ4n) is 4.60. The number of nitrogens with one attached hydrogen (secondary N) is 1. The SMILES string of the molecule is CC(O[Si](C)(C)C(C)(C)C)C(NC(=O)CN1CC2(CCCN2C(=O)OC(C)(C)C)C1=O)c1ncccn1. The van der Waals surface area contributed by atoms with E-state index >= 15 is 0 Å². The Labute approximate surface area is 221 Å². The molecule has 3 amide bonds. The summed E-state index contributed by atoms with van der Waals surface area (Å²) in [5.74, 6) is -0.0856. The van der Waals surface area contributed by atoms with Gasteiger partial charge in [0.2, 0.25) is 5.91 Å². The maximum atomic E-state index is 13.2. The number of β-lactam (4-membered cyclic amide) rings is 1. The third-order valence-corrected chi connectivity index (χ3v) is 12.1. The van der Waals surface area contributed by atoms with E-state index in [0.29, 0.717) is 25.3 Å². The highest BCUT2D eigenvalue weighted by Crippen LogP contribution is 2.40. The molecule has 1 spiro atoms. The molecule has 3 heterocycles. The Bertz CT molecular complexity index is 1010. The van der Waals surface area contributed by atoms with Gasteiger partial charge in [-0.2, -0.15) is 0 Å². The largest absolute Gasteiger partial charge is 0.444 e. The highest BCUT2D eigenvalue weighted by molar-refractivity contribution is 6.74. The highest BCUT2D eigenvalue weighted by atomic mass is 28.4. The van der Waals surface area contributed by atoms with Gasteiger partial charge in [0.15, 0.2) is 14.1 Å². The van der Waals surface area contributed by atoms with Crippen LogP contribution in [0.4, 0.5) is 4.79 Å². The molecule has 11 heteroatoms. The van der Waals surface area contributed by atoms with Crippen molar-refractivity contribution in [1.82, 2.24) is 25.1 Å². The second kappa shape index (κ2) is 10.3. The van der Waals surface area contributed by atoms with Crippen molar-refractivity contribution in [3.8, 4) is 0 Å². The molecule has 2 saturated heterocycles. The first-order valence-corrected chi connectivity index (χ1v) is 15.9. The molecule has 0 saturated carbocycles. The predicted molar refractivity (Wildman–Crippen MR) is 142 cm³/mol. The molecule has 3 rings (SSSR count). The maximum Gasteiger partial charge on any atom is 0.411 e. The minimum atomic E-state index is -2.13. The number of rotatable bonds is 7. The van der Waals surface area contributed by atoms with Crippen LogP contribution in [0, 0.1) is 0 Å². The molecule has 2 aliphatic rings. The molecule has 1 aromatic rings. The number of hydrogen-bond donors (Lipinski definition) is 1. The van der Waals surface area contributed by atoms with Gasteiger partial charge in [-0.3, -0.25) is 14.5 Å². The first-order valence-electron chi connectivity index (χ1n) is 13.0. The molecule has 2 aliphatic heterocycles. The van der Waals surface area contributed by atoms with Crippen molar-refractivity contribution in [3.05, 3.63) is 24.3 Å². The van der Waals surface area contributed by atoms with Crippen LogP contribution >= 0.6 is 0 Å². The zero-order valence-electron chi connectivity index (χ0n) is 23.8. The fraction of sp³-hybridized carbons (Fsp3) is 0.731. The van der Waals surface area contributed by atoms with E-state index in [1.165, 1.54) is 9.80 Å². The van der Waals surface area contributed by atoms with Crippen LogP contribution in [0.3, 0.4) is 0 Å². The molecule has 0 aliphatic carbocycles. The molecule has 0 radical (unpaired) electrons. The standard InChI is InChI=1S/C26H43N5O5Si/c1-18(36-37(8,9)25(5,6)7)20(21-27-13-11-14-28-21)29-19(32)16-30-17-26(22(30)33)12-10-15-31(26)23(34)35-24(2,3)4/h11,13-14,18,20H,10,12,15-17H2,1-9H3,(H,29,32). The van der Waals surface area contributed by atoms with E-state index in [-0.39, 0.29) is 29.5 Å². The van der Waals surface area contributed by atoms with E-state index in [9.17, 15) is 14.4 Å². The van der Waals surface area contributed by atoms with Crippen LogP contribution in [-0.4, -0.2) is 82.9 Å². The molecule has 3 unspecified atom stereocenters. The van der Waals surface area contributed by atoms with Crippen molar-refractivity contribution in [2.24, 2.45) is 0 Å². The highest BCUT2D eigenvalue weighted by Gasteiger charge is 2.60. The van der Waals surface area contributed by atoms with Crippen molar-refractivity contribution in [1.29, 1.82) is 0 Å². The van der Waals surface area contributed by atoms with Gasteiger partial charge in [-0.1, -0.05) is 20.8 Å². The van der Waals surface area contributed by atoms with E-state index < -0.39 is 31.6 Å². The number of nitrogens with zero attached hydrogens (tertiary/aromatic N) is 4. The summed E-state index contributed by atoms with van der Waals surface area (Å²) in [6.45, 7) is 18.8. The van der Waals surface area contributed by atoms with Crippen molar-refractivity contribution < 1.29 is 23.5 Å². The van der Waals surface area contributed by atoms with E-state index in [4.69, 9.17) is 9.16 Å². The summed E-state index contributed by atoms with van der Waals surface area (Å²) in [6, 6.07) is 1.15.